The molecule has 0 radical (unpaired) electrons. The zero-order valence-corrected chi connectivity index (χ0v) is 13.4. The molecule has 2 fully saturated rings. The van der Waals surface area contributed by atoms with Crippen molar-refractivity contribution in [3.63, 3.8) is 0 Å². The molecule has 0 atom stereocenters. The van der Waals surface area contributed by atoms with Crippen LogP contribution in [0.5, 0.6) is 0 Å². The van der Waals surface area contributed by atoms with Crippen molar-refractivity contribution in [2.24, 2.45) is 5.92 Å². The molecule has 2 heterocycles. The molecule has 124 valence electrons. The largest absolute Gasteiger partial charge is 0.339 e. The number of urea groups is 1. The average Bonchev–Trinajstić information content (AvgIpc) is 2.63. The van der Waals surface area contributed by atoms with Gasteiger partial charge in [-0.15, -0.1) is 0 Å². The first-order valence-electron chi connectivity index (χ1n) is 8.49. The molecule has 1 saturated carbocycles. The van der Waals surface area contributed by atoms with E-state index in [1.54, 1.807) is 29.4 Å². The molecule has 6 nitrogen and oxygen atoms in total. The van der Waals surface area contributed by atoms with E-state index in [1.165, 1.54) is 19.3 Å². The van der Waals surface area contributed by atoms with Crippen LogP contribution in [0.4, 0.5) is 10.5 Å². The Morgan fingerprint density at radius 3 is 2.22 bits per heavy atom. The van der Waals surface area contributed by atoms with Crippen molar-refractivity contribution in [3.8, 4) is 0 Å². The number of carbonyl (C=O) groups excluding carboxylic acids is 2. The lowest BCUT2D eigenvalue weighted by Crippen LogP contribution is -2.53. The zero-order chi connectivity index (χ0) is 16.1. The van der Waals surface area contributed by atoms with Gasteiger partial charge in [-0.2, -0.15) is 0 Å². The van der Waals surface area contributed by atoms with E-state index in [1.807, 2.05) is 4.90 Å². The number of nitrogens with one attached hydrogen (secondary N) is 1. The number of pyridine rings is 1. The van der Waals surface area contributed by atoms with Gasteiger partial charge in [-0.1, -0.05) is 19.3 Å². The average molecular weight is 316 g/mol. The summed E-state index contributed by atoms with van der Waals surface area (Å²) in [4.78, 5) is 32.4. The van der Waals surface area contributed by atoms with E-state index in [4.69, 9.17) is 0 Å². The Morgan fingerprint density at radius 1 is 0.957 bits per heavy atom. The standard InChI is InChI=1S/C17H24N4O2/c22-16(14-4-2-1-3-5-14)20-10-12-21(13-11-20)17(23)19-15-6-8-18-9-7-15/h6-9,14H,1-5,10-13H2,(H,18,19,23). The Kier molecular flexibility index (Phi) is 5.10. The number of aromatic nitrogens is 1. The third-order valence-electron chi connectivity index (χ3n) is 4.76. The van der Waals surface area contributed by atoms with Gasteiger partial charge in [0.25, 0.3) is 0 Å². The SMILES string of the molecule is O=C(Nc1ccncc1)N1CCN(C(=O)C2CCCCC2)CC1. The molecule has 1 saturated heterocycles. The Balaban J connectivity index is 1.48. The molecule has 0 unspecified atom stereocenters. The van der Waals surface area contributed by atoms with Crippen molar-refractivity contribution in [2.75, 3.05) is 31.5 Å². The molecule has 6 heteroatoms. The molecule has 3 amide bonds. The summed E-state index contributed by atoms with van der Waals surface area (Å²) in [6.45, 7) is 2.46. The van der Waals surface area contributed by atoms with Crippen LogP contribution < -0.4 is 5.32 Å². The van der Waals surface area contributed by atoms with Crippen molar-refractivity contribution >= 4 is 17.6 Å². The molecule has 1 N–H and O–H groups in total. The van der Waals surface area contributed by atoms with Gasteiger partial charge in [0.1, 0.15) is 0 Å². The van der Waals surface area contributed by atoms with Crippen molar-refractivity contribution in [1.82, 2.24) is 14.8 Å². The van der Waals surface area contributed by atoms with Gasteiger partial charge in [-0.25, -0.2) is 4.79 Å². The summed E-state index contributed by atoms with van der Waals surface area (Å²) >= 11 is 0. The second-order valence-electron chi connectivity index (χ2n) is 6.31. The predicted molar refractivity (Wildman–Crippen MR) is 88.0 cm³/mol. The van der Waals surface area contributed by atoms with Gasteiger partial charge in [0.05, 0.1) is 0 Å². The van der Waals surface area contributed by atoms with Crippen molar-refractivity contribution in [3.05, 3.63) is 24.5 Å². The van der Waals surface area contributed by atoms with Gasteiger partial charge in [0, 0.05) is 50.2 Å². The van der Waals surface area contributed by atoms with Gasteiger partial charge in [-0.3, -0.25) is 9.78 Å². The molecule has 0 spiro atoms. The van der Waals surface area contributed by atoms with Crippen LogP contribution in [0.1, 0.15) is 32.1 Å². The number of hydrogen-bond donors (Lipinski definition) is 1. The summed E-state index contributed by atoms with van der Waals surface area (Å²) in [7, 11) is 0. The van der Waals surface area contributed by atoms with E-state index >= 15 is 0 Å². The Hall–Kier alpha value is -2.11. The Labute approximate surface area is 136 Å². The van der Waals surface area contributed by atoms with Crippen molar-refractivity contribution in [1.29, 1.82) is 0 Å². The van der Waals surface area contributed by atoms with Crippen LogP contribution in [0.25, 0.3) is 0 Å². The van der Waals surface area contributed by atoms with E-state index in [0.717, 1.165) is 18.5 Å². The highest BCUT2D eigenvalue weighted by atomic mass is 16.2. The quantitative estimate of drug-likeness (QED) is 0.911. The molecule has 1 aliphatic carbocycles. The summed E-state index contributed by atoms with van der Waals surface area (Å²) in [5.74, 6) is 0.500. The van der Waals surface area contributed by atoms with Crippen LogP contribution in [0.2, 0.25) is 0 Å². The zero-order valence-electron chi connectivity index (χ0n) is 13.4. The summed E-state index contributed by atoms with van der Waals surface area (Å²) in [5.41, 5.74) is 0.741. The fourth-order valence-electron chi connectivity index (χ4n) is 3.38. The molecule has 3 rings (SSSR count). The van der Waals surface area contributed by atoms with E-state index in [-0.39, 0.29) is 11.9 Å². The smallest absolute Gasteiger partial charge is 0.321 e. The molecule has 1 aromatic rings. The minimum Gasteiger partial charge on any atom is -0.339 e. The molecule has 1 aromatic heterocycles. The number of carbonyl (C=O) groups is 2. The predicted octanol–water partition coefficient (Wildman–Crippen LogP) is 2.34. The lowest BCUT2D eigenvalue weighted by molar-refractivity contribution is -0.137. The molecule has 2 aliphatic rings. The van der Waals surface area contributed by atoms with Gasteiger partial charge < -0.3 is 15.1 Å². The van der Waals surface area contributed by atoms with E-state index in [0.29, 0.717) is 32.1 Å². The minimum absolute atomic E-state index is 0.110. The molecule has 23 heavy (non-hydrogen) atoms. The van der Waals surface area contributed by atoms with Crippen LogP contribution in [0, 0.1) is 5.92 Å². The lowest BCUT2D eigenvalue weighted by Gasteiger charge is -2.37. The highest BCUT2D eigenvalue weighted by Crippen LogP contribution is 2.25. The van der Waals surface area contributed by atoms with Crippen molar-refractivity contribution < 1.29 is 9.59 Å². The lowest BCUT2D eigenvalue weighted by atomic mass is 9.88. The first-order chi connectivity index (χ1) is 11.2. The van der Waals surface area contributed by atoms with Crippen LogP contribution >= 0.6 is 0 Å². The molecular weight excluding hydrogens is 292 g/mol. The first-order valence-corrected chi connectivity index (χ1v) is 8.49. The number of rotatable bonds is 2. The van der Waals surface area contributed by atoms with E-state index in [9.17, 15) is 9.59 Å². The van der Waals surface area contributed by atoms with E-state index < -0.39 is 0 Å². The van der Waals surface area contributed by atoms with Gasteiger partial charge in [-0.05, 0) is 25.0 Å². The summed E-state index contributed by atoms with van der Waals surface area (Å²) < 4.78 is 0. The molecule has 0 bridgehead atoms. The maximum absolute atomic E-state index is 12.5. The number of nitrogens with zero attached hydrogens (tertiary/aromatic N) is 3. The maximum Gasteiger partial charge on any atom is 0.321 e. The summed E-state index contributed by atoms with van der Waals surface area (Å²) in [6.07, 6.45) is 8.96. The fourth-order valence-corrected chi connectivity index (χ4v) is 3.38. The third-order valence-corrected chi connectivity index (χ3v) is 4.76. The highest BCUT2D eigenvalue weighted by Gasteiger charge is 2.29. The topological polar surface area (TPSA) is 65.5 Å². The summed E-state index contributed by atoms with van der Waals surface area (Å²) in [6, 6.07) is 3.42. The number of hydrogen-bond acceptors (Lipinski definition) is 3. The normalized spacial score (nSPS) is 19.5. The first kappa shape index (κ1) is 15.8. The van der Waals surface area contributed by atoms with Crippen LogP contribution in [0.15, 0.2) is 24.5 Å². The third kappa shape index (κ3) is 4.00. The van der Waals surface area contributed by atoms with Gasteiger partial charge >= 0.3 is 6.03 Å². The summed E-state index contributed by atoms with van der Waals surface area (Å²) in [5, 5.41) is 2.86. The maximum atomic E-state index is 12.5. The van der Waals surface area contributed by atoms with E-state index in [2.05, 4.69) is 10.3 Å². The monoisotopic (exact) mass is 316 g/mol. The highest BCUT2D eigenvalue weighted by molar-refractivity contribution is 5.89. The number of amides is 3. The minimum atomic E-state index is -0.110. The number of piperazine rings is 1. The Morgan fingerprint density at radius 2 is 1.57 bits per heavy atom. The molecule has 0 aromatic carbocycles. The molecular formula is C17H24N4O2. The van der Waals surface area contributed by atoms with Crippen LogP contribution in [-0.2, 0) is 4.79 Å². The van der Waals surface area contributed by atoms with Crippen LogP contribution in [-0.4, -0.2) is 52.9 Å². The fraction of sp³-hybridized carbons (Fsp3) is 0.588. The number of anilines is 1. The Bertz CT molecular complexity index is 535. The van der Waals surface area contributed by atoms with Crippen molar-refractivity contribution in [2.45, 2.75) is 32.1 Å². The van der Waals surface area contributed by atoms with Gasteiger partial charge in [0.2, 0.25) is 5.91 Å². The second-order valence-corrected chi connectivity index (χ2v) is 6.31. The van der Waals surface area contributed by atoms with Crippen LogP contribution in [0.3, 0.4) is 0 Å². The van der Waals surface area contributed by atoms with Gasteiger partial charge in [0.15, 0.2) is 0 Å². The second kappa shape index (κ2) is 7.44. The molecule has 1 aliphatic heterocycles.